The van der Waals surface area contributed by atoms with E-state index in [4.69, 9.17) is 4.74 Å². The Labute approximate surface area is 148 Å². The number of ether oxygens (including phenoxy) is 1. The van der Waals surface area contributed by atoms with Crippen LogP contribution in [0.3, 0.4) is 0 Å². The van der Waals surface area contributed by atoms with Crippen molar-refractivity contribution in [3.05, 3.63) is 54.0 Å². The number of amides is 2. The molecule has 1 saturated carbocycles. The highest BCUT2D eigenvalue weighted by molar-refractivity contribution is 5.74. The standard InChI is InChI=1S/C19H24N4O2/c1-14(16-7-9-20-10-8-16)23-19(24)22-13-15-6-11-21-18(12-15)25-17-4-2-3-5-17/h6-12,14,17H,2-5,13H2,1H3,(H2,22,23,24). The van der Waals surface area contributed by atoms with Gasteiger partial charge in [0.15, 0.2) is 0 Å². The van der Waals surface area contributed by atoms with E-state index in [0.29, 0.717) is 12.4 Å². The summed E-state index contributed by atoms with van der Waals surface area (Å²) in [6, 6.07) is 7.26. The number of pyridine rings is 2. The van der Waals surface area contributed by atoms with E-state index >= 15 is 0 Å². The van der Waals surface area contributed by atoms with Crippen molar-refractivity contribution in [3.8, 4) is 5.88 Å². The highest BCUT2D eigenvalue weighted by Crippen LogP contribution is 2.23. The van der Waals surface area contributed by atoms with Crippen LogP contribution in [0.4, 0.5) is 4.79 Å². The summed E-state index contributed by atoms with van der Waals surface area (Å²) in [5.74, 6) is 0.636. The summed E-state index contributed by atoms with van der Waals surface area (Å²) < 4.78 is 5.90. The van der Waals surface area contributed by atoms with Crippen molar-refractivity contribution in [2.45, 2.75) is 51.3 Å². The maximum absolute atomic E-state index is 12.1. The minimum atomic E-state index is -0.209. The Hall–Kier alpha value is -2.63. The lowest BCUT2D eigenvalue weighted by molar-refractivity contribution is 0.201. The maximum Gasteiger partial charge on any atom is 0.315 e. The summed E-state index contributed by atoms with van der Waals surface area (Å²) in [6.45, 7) is 2.37. The molecule has 2 heterocycles. The molecule has 0 saturated heterocycles. The molecule has 1 aliphatic rings. The largest absolute Gasteiger partial charge is 0.474 e. The number of nitrogens with zero attached hydrogens (tertiary/aromatic N) is 2. The van der Waals surface area contributed by atoms with E-state index in [1.807, 2.05) is 31.2 Å². The molecule has 6 heteroatoms. The fraction of sp³-hybridized carbons (Fsp3) is 0.421. The van der Waals surface area contributed by atoms with Crippen molar-refractivity contribution in [1.29, 1.82) is 0 Å². The van der Waals surface area contributed by atoms with E-state index in [2.05, 4.69) is 20.6 Å². The minimum absolute atomic E-state index is 0.0818. The fourth-order valence-electron chi connectivity index (χ4n) is 2.97. The number of hydrogen-bond acceptors (Lipinski definition) is 4. The third kappa shape index (κ3) is 5.17. The lowest BCUT2D eigenvalue weighted by Gasteiger charge is -2.15. The van der Waals surface area contributed by atoms with E-state index in [1.54, 1.807) is 18.6 Å². The van der Waals surface area contributed by atoms with Gasteiger partial charge >= 0.3 is 6.03 Å². The Balaban J connectivity index is 1.48. The fourth-order valence-corrected chi connectivity index (χ4v) is 2.97. The van der Waals surface area contributed by atoms with Crippen LogP contribution in [-0.2, 0) is 6.54 Å². The first kappa shape index (κ1) is 17.2. The van der Waals surface area contributed by atoms with Gasteiger partial charge in [0.05, 0.1) is 6.04 Å². The number of rotatable bonds is 6. The second-order valence-corrected chi connectivity index (χ2v) is 6.36. The second kappa shape index (κ2) is 8.46. The van der Waals surface area contributed by atoms with Gasteiger partial charge in [0.25, 0.3) is 0 Å². The highest BCUT2D eigenvalue weighted by atomic mass is 16.5. The molecule has 1 unspecified atom stereocenters. The second-order valence-electron chi connectivity index (χ2n) is 6.36. The Morgan fingerprint density at radius 3 is 2.76 bits per heavy atom. The first-order valence-electron chi connectivity index (χ1n) is 8.76. The molecular weight excluding hydrogens is 316 g/mol. The molecule has 132 valence electrons. The zero-order chi connectivity index (χ0) is 17.5. The molecule has 0 spiro atoms. The third-order valence-corrected chi connectivity index (χ3v) is 4.40. The van der Waals surface area contributed by atoms with E-state index < -0.39 is 0 Å². The first-order valence-corrected chi connectivity index (χ1v) is 8.76. The molecule has 2 aromatic heterocycles. The van der Waals surface area contributed by atoms with Gasteiger partial charge in [-0.25, -0.2) is 9.78 Å². The summed E-state index contributed by atoms with van der Waals surface area (Å²) in [5.41, 5.74) is 1.98. The lowest BCUT2D eigenvalue weighted by atomic mass is 10.1. The number of nitrogens with one attached hydrogen (secondary N) is 2. The molecule has 2 aromatic rings. The van der Waals surface area contributed by atoms with E-state index in [0.717, 1.165) is 24.0 Å². The average Bonchev–Trinajstić information content (AvgIpc) is 3.14. The van der Waals surface area contributed by atoms with Gasteiger partial charge < -0.3 is 15.4 Å². The van der Waals surface area contributed by atoms with Crippen molar-refractivity contribution in [3.63, 3.8) is 0 Å². The first-order chi connectivity index (χ1) is 12.2. The van der Waals surface area contributed by atoms with Gasteiger partial charge in [-0.15, -0.1) is 0 Å². The van der Waals surface area contributed by atoms with Crippen LogP contribution in [0.5, 0.6) is 5.88 Å². The molecule has 0 bridgehead atoms. The predicted octanol–water partition coefficient (Wildman–Crippen LogP) is 3.36. The van der Waals surface area contributed by atoms with E-state index in [-0.39, 0.29) is 18.2 Å². The smallest absolute Gasteiger partial charge is 0.315 e. The SMILES string of the molecule is CC(NC(=O)NCc1ccnc(OC2CCCC2)c1)c1ccncc1. The quantitative estimate of drug-likeness (QED) is 0.845. The summed E-state index contributed by atoms with van der Waals surface area (Å²) in [6.07, 6.45) is 10.1. The van der Waals surface area contributed by atoms with Crippen molar-refractivity contribution < 1.29 is 9.53 Å². The summed E-state index contributed by atoms with van der Waals surface area (Å²) in [7, 11) is 0. The van der Waals surface area contributed by atoms with Crippen LogP contribution >= 0.6 is 0 Å². The predicted molar refractivity (Wildman–Crippen MR) is 95.1 cm³/mol. The number of urea groups is 1. The Morgan fingerprint density at radius 2 is 2.00 bits per heavy atom. The van der Waals surface area contributed by atoms with E-state index in [1.165, 1.54) is 12.8 Å². The number of carbonyl (C=O) groups is 1. The molecule has 1 fully saturated rings. The maximum atomic E-state index is 12.1. The monoisotopic (exact) mass is 340 g/mol. The third-order valence-electron chi connectivity index (χ3n) is 4.40. The van der Waals surface area contributed by atoms with Crippen LogP contribution in [-0.4, -0.2) is 22.1 Å². The normalized spacial score (nSPS) is 15.6. The molecule has 0 aliphatic heterocycles. The Kier molecular flexibility index (Phi) is 5.82. The highest BCUT2D eigenvalue weighted by Gasteiger charge is 2.17. The zero-order valence-electron chi connectivity index (χ0n) is 14.4. The van der Waals surface area contributed by atoms with Crippen LogP contribution in [0, 0.1) is 0 Å². The van der Waals surface area contributed by atoms with Gasteiger partial charge in [-0.2, -0.15) is 0 Å². The molecule has 25 heavy (non-hydrogen) atoms. The molecule has 1 aliphatic carbocycles. The number of carbonyl (C=O) groups excluding carboxylic acids is 1. The molecule has 6 nitrogen and oxygen atoms in total. The minimum Gasteiger partial charge on any atom is -0.474 e. The number of aromatic nitrogens is 2. The van der Waals surface area contributed by atoms with Crippen molar-refractivity contribution in [1.82, 2.24) is 20.6 Å². The van der Waals surface area contributed by atoms with Crippen LogP contribution < -0.4 is 15.4 Å². The van der Waals surface area contributed by atoms with Crippen molar-refractivity contribution in [2.24, 2.45) is 0 Å². The zero-order valence-corrected chi connectivity index (χ0v) is 14.4. The lowest BCUT2D eigenvalue weighted by Crippen LogP contribution is -2.36. The molecule has 0 aromatic carbocycles. The topological polar surface area (TPSA) is 76.1 Å². The van der Waals surface area contributed by atoms with Crippen LogP contribution in [0.2, 0.25) is 0 Å². The van der Waals surface area contributed by atoms with Crippen molar-refractivity contribution in [2.75, 3.05) is 0 Å². The van der Waals surface area contributed by atoms with Gasteiger partial charge in [0.2, 0.25) is 5.88 Å². The molecular formula is C19H24N4O2. The van der Waals surface area contributed by atoms with Gasteiger partial charge in [0, 0.05) is 31.2 Å². The van der Waals surface area contributed by atoms with Crippen LogP contribution in [0.1, 0.15) is 49.8 Å². The summed E-state index contributed by atoms with van der Waals surface area (Å²) in [4.78, 5) is 20.3. The number of hydrogen-bond donors (Lipinski definition) is 2. The summed E-state index contributed by atoms with van der Waals surface area (Å²) >= 11 is 0. The van der Waals surface area contributed by atoms with Crippen LogP contribution in [0.25, 0.3) is 0 Å². The van der Waals surface area contributed by atoms with Gasteiger partial charge in [-0.1, -0.05) is 0 Å². The Morgan fingerprint density at radius 1 is 1.24 bits per heavy atom. The molecule has 2 N–H and O–H groups in total. The average molecular weight is 340 g/mol. The molecule has 1 atom stereocenters. The molecule has 0 radical (unpaired) electrons. The van der Waals surface area contributed by atoms with Gasteiger partial charge in [0.1, 0.15) is 6.10 Å². The van der Waals surface area contributed by atoms with Crippen molar-refractivity contribution >= 4 is 6.03 Å². The Bertz CT molecular complexity index is 687. The summed E-state index contributed by atoms with van der Waals surface area (Å²) in [5, 5.41) is 5.79. The van der Waals surface area contributed by atoms with Gasteiger partial charge in [-0.3, -0.25) is 4.98 Å². The van der Waals surface area contributed by atoms with Crippen LogP contribution in [0.15, 0.2) is 42.9 Å². The van der Waals surface area contributed by atoms with Gasteiger partial charge in [-0.05, 0) is 61.9 Å². The molecule has 2 amide bonds. The van der Waals surface area contributed by atoms with E-state index in [9.17, 15) is 4.79 Å². The molecule has 3 rings (SSSR count).